The van der Waals surface area contributed by atoms with Crippen molar-refractivity contribution >= 4 is 22.6 Å². The molecule has 0 atom stereocenters. The van der Waals surface area contributed by atoms with Gasteiger partial charge in [0.05, 0.1) is 0 Å². The van der Waals surface area contributed by atoms with Crippen LogP contribution in [0.15, 0.2) is 42.5 Å². The zero-order valence-corrected chi connectivity index (χ0v) is 12.7. The molecule has 2 aromatic carbocycles. The largest absolute Gasteiger partial charge is 0.457 e. The summed E-state index contributed by atoms with van der Waals surface area (Å²) >= 11 is 2.28. The standard InChI is InChI=1S/C15H16INO/c1-11-9-15(6-3-12(11)10-17-2)18-14-7-4-13(16)5-8-14/h3-9,17H,10H2,1-2H3. The predicted molar refractivity (Wildman–Crippen MR) is 83.2 cm³/mol. The molecule has 2 rings (SSSR count). The van der Waals surface area contributed by atoms with Crippen molar-refractivity contribution in [3.05, 3.63) is 57.2 Å². The van der Waals surface area contributed by atoms with Gasteiger partial charge in [0.2, 0.25) is 0 Å². The van der Waals surface area contributed by atoms with Crippen LogP contribution in [-0.2, 0) is 6.54 Å². The van der Waals surface area contributed by atoms with Gasteiger partial charge in [0.15, 0.2) is 0 Å². The molecule has 3 heteroatoms. The molecular formula is C15H16INO. The van der Waals surface area contributed by atoms with Crippen molar-refractivity contribution in [1.29, 1.82) is 0 Å². The van der Waals surface area contributed by atoms with E-state index in [0.29, 0.717) is 0 Å². The van der Waals surface area contributed by atoms with Crippen LogP contribution in [0.5, 0.6) is 11.5 Å². The molecule has 0 radical (unpaired) electrons. The van der Waals surface area contributed by atoms with E-state index in [1.807, 2.05) is 37.4 Å². The molecule has 0 aliphatic rings. The Morgan fingerprint density at radius 1 is 1.06 bits per heavy atom. The number of hydrogen-bond acceptors (Lipinski definition) is 2. The molecule has 0 unspecified atom stereocenters. The maximum atomic E-state index is 5.82. The second kappa shape index (κ2) is 6.20. The minimum atomic E-state index is 0.871. The van der Waals surface area contributed by atoms with Crippen molar-refractivity contribution in [1.82, 2.24) is 5.32 Å². The second-order valence-corrected chi connectivity index (χ2v) is 5.42. The molecule has 2 aromatic rings. The van der Waals surface area contributed by atoms with E-state index in [2.05, 4.69) is 47.0 Å². The van der Waals surface area contributed by atoms with Gasteiger partial charge in [0.1, 0.15) is 11.5 Å². The maximum Gasteiger partial charge on any atom is 0.127 e. The molecule has 1 N–H and O–H groups in total. The van der Waals surface area contributed by atoms with Crippen molar-refractivity contribution in [3.63, 3.8) is 0 Å². The molecule has 0 aliphatic heterocycles. The first kappa shape index (κ1) is 13.4. The third-order valence-electron chi connectivity index (χ3n) is 2.73. The van der Waals surface area contributed by atoms with Crippen LogP contribution in [0.3, 0.4) is 0 Å². The summed E-state index contributed by atoms with van der Waals surface area (Å²) in [6.07, 6.45) is 0. The predicted octanol–water partition coefficient (Wildman–Crippen LogP) is 4.11. The lowest BCUT2D eigenvalue weighted by molar-refractivity contribution is 0.482. The molecule has 0 fully saturated rings. The second-order valence-electron chi connectivity index (χ2n) is 4.17. The lowest BCUT2D eigenvalue weighted by Gasteiger charge is -2.09. The van der Waals surface area contributed by atoms with Gasteiger partial charge in [-0.15, -0.1) is 0 Å². The van der Waals surface area contributed by atoms with E-state index < -0.39 is 0 Å². The molecular weight excluding hydrogens is 337 g/mol. The Balaban J connectivity index is 2.14. The van der Waals surface area contributed by atoms with Gasteiger partial charge in [-0.25, -0.2) is 0 Å². The SMILES string of the molecule is CNCc1ccc(Oc2ccc(I)cc2)cc1C. The van der Waals surface area contributed by atoms with E-state index in [0.717, 1.165) is 18.0 Å². The number of halogens is 1. The Labute approximate surface area is 122 Å². The molecule has 94 valence electrons. The van der Waals surface area contributed by atoms with Gasteiger partial charge in [-0.3, -0.25) is 0 Å². The third-order valence-corrected chi connectivity index (χ3v) is 3.45. The highest BCUT2D eigenvalue weighted by Gasteiger charge is 2.01. The number of nitrogens with one attached hydrogen (secondary N) is 1. The van der Waals surface area contributed by atoms with Crippen LogP contribution < -0.4 is 10.1 Å². The highest BCUT2D eigenvalue weighted by Crippen LogP contribution is 2.24. The van der Waals surface area contributed by atoms with Gasteiger partial charge in [-0.2, -0.15) is 0 Å². The van der Waals surface area contributed by atoms with E-state index in [4.69, 9.17) is 4.74 Å². The highest BCUT2D eigenvalue weighted by molar-refractivity contribution is 14.1. The first-order valence-electron chi connectivity index (χ1n) is 5.86. The quantitative estimate of drug-likeness (QED) is 0.836. The van der Waals surface area contributed by atoms with Crippen LogP contribution in [0.25, 0.3) is 0 Å². The molecule has 0 saturated heterocycles. The van der Waals surface area contributed by atoms with Crippen LogP contribution in [0.2, 0.25) is 0 Å². The minimum Gasteiger partial charge on any atom is -0.457 e. The molecule has 0 spiro atoms. The van der Waals surface area contributed by atoms with E-state index in [1.54, 1.807) is 0 Å². The van der Waals surface area contributed by atoms with E-state index in [9.17, 15) is 0 Å². The number of rotatable bonds is 4. The molecule has 0 aliphatic carbocycles. The van der Waals surface area contributed by atoms with Crippen LogP contribution in [-0.4, -0.2) is 7.05 Å². The highest BCUT2D eigenvalue weighted by atomic mass is 127. The summed E-state index contributed by atoms with van der Waals surface area (Å²) < 4.78 is 7.03. The fourth-order valence-electron chi connectivity index (χ4n) is 1.76. The summed E-state index contributed by atoms with van der Waals surface area (Å²) in [4.78, 5) is 0. The fraction of sp³-hybridized carbons (Fsp3) is 0.200. The molecule has 18 heavy (non-hydrogen) atoms. The summed E-state index contributed by atoms with van der Waals surface area (Å²) in [5.41, 5.74) is 2.54. The van der Waals surface area contributed by atoms with Gasteiger partial charge < -0.3 is 10.1 Å². The maximum absolute atomic E-state index is 5.82. The summed E-state index contributed by atoms with van der Waals surface area (Å²) in [5, 5.41) is 3.16. The average molecular weight is 353 g/mol. The number of benzene rings is 2. The van der Waals surface area contributed by atoms with Crippen molar-refractivity contribution in [2.24, 2.45) is 0 Å². The topological polar surface area (TPSA) is 21.3 Å². The Kier molecular flexibility index (Phi) is 4.60. The van der Waals surface area contributed by atoms with Gasteiger partial charge in [0, 0.05) is 10.1 Å². The zero-order chi connectivity index (χ0) is 13.0. The molecule has 0 bridgehead atoms. The van der Waals surface area contributed by atoms with Crippen molar-refractivity contribution in [3.8, 4) is 11.5 Å². The van der Waals surface area contributed by atoms with Gasteiger partial charge in [0.25, 0.3) is 0 Å². The first-order valence-corrected chi connectivity index (χ1v) is 6.94. The molecule has 0 amide bonds. The first-order chi connectivity index (χ1) is 8.69. The molecule has 2 nitrogen and oxygen atoms in total. The fourth-order valence-corrected chi connectivity index (χ4v) is 2.12. The van der Waals surface area contributed by atoms with E-state index >= 15 is 0 Å². The smallest absolute Gasteiger partial charge is 0.127 e. The van der Waals surface area contributed by atoms with Crippen LogP contribution in [0.1, 0.15) is 11.1 Å². The van der Waals surface area contributed by atoms with Gasteiger partial charge in [-0.05, 0) is 84.1 Å². The Morgan fingerprint density at radius 2 is 1.72 bits per heavy atom. The lowest BCUT2D eigenvalue weighted by atomic mass is 10.1. The molecule has 0 aromatic heterocycles. The van der Waals surface area contributed by atoms with Crippen molar-refractivity contribution in [2.45, 2.75) is 13.5 Å². The third kappa shape index (κ3) is 3.46. The summed E-state index contributed by atoms with van der Waals surface area (Å²) in [6.45, 7) is 2.99. The minimum absolute atomic E-state index is 0.871. The Morgan fingerprint density at radius 3 is 2.33 bits per heavy atom. The van der Waals surface area contributed by atoms with E-state index in [-0.39, 0.29) is 0 Å². The normalized spacial score (nSPS) is 10.4. The Bertz CT molecular complexity index is 523. The number of aryl methyl sites for hydroxylation is 1. The molecule has 0 saturated carbocycles. The summed E-state index contributed by atoms with van der Waals surface area (Å²) in [5.74, 6) is 1.75. The average Bonchev–Trinajstić information content (AvgIpc) is 2.36. The summed E-state index contributed by atoms with van der Waals surface area (Å²) in [7, 11) is 1.95. The van der Waals surface area contributed by atoms with Crippen LogP contribution in [0.4, 0.5) is 0 Å². The van der Waals surface area contributed by atoms with E-state index in [1.165, 1.54) is 14.7 Å². The lowest BCUT2D eigenvalue weighted by Crippen LogP contribution is -2.06. The van der Waals surface area contributed by atoms with Gasteiger partial charge in [-0.1, -0.05) is 6.07 Å². The Hall–Kier alpha value is -1.07. The van der Waals surface area contributed by atoms with Gasteiger partial charge >= 0.3 is 0 Å². The van der Waals surface area contributed by atoms with Crippen molar-refractivity contribution < 1.29 is 4.74 Å². The monoisotopic (exact) mass is 353 g/mol. The zero-order valence-electron chi connectivity index (χ0n) is 10.5. The van der Waals surface area contributed by atoms with Crippen LogP contribution in [0, 0.1) is 10.5 Å². The molecule has 0 heterocycles. The van der Waals surface area contributed by atoms with Crippen LogP contribution >= 0.6 is 22.6 Å². The number of ether oxygens (including phenoxy) is 1. The number of hydrogen-bond donors (Lipinski definition) is 1. The van der Waals surface area contributed by atoms with Crippen molar-refractivity contribution in [2.75, 3.05) is 7.05 Å². The summed E-state index contributed by atoms with van der Waals surface area (Å²) in [6, 6.07) is 14.2.